The Morgan fingerprint density at radius 1 is 1.45 bits per heavy atom. The molecule has 3 N–H and O–H groups in total. The number of hydrogen-bond donors (Lipinski definition) is 3. The largest absolute Gasteiger partial charge is 0.493 e. The normalized spacial score (nSPS) is 10.6. The Kier molecular flexibility index (Phi) is 4.06. The quantitative estimate of drug-likeness (QED) is 0.812. The Balaban J connectivity index is 2.42. The van der Waals surface area contributed by atoms with E-state index in [1.807, 2.05) is 0 Å². The average Bonchev–Trinajstić information content (AvgIpc) is 2.62. The summed E-state index contributed by atoms with van der Waals surface area (Å²) < 4.78 is 1.18. The molecule has 106 valence electrons. The van der Waals surface area contributed by atoms with Crippen LogP contribution in [-0.4, -0.2) is 26.1 Å². The molecule has 6 nitrogen and oxygen atoms in total. The first-order valence-corrected chi connectivity index (χ1v) is 6.33. The standard InChI is InChI=1S/C12H11Cl2N3O3/c1-17-11(18)7(10(16-17)15-12(19)20)5-6-3-2-4-8(13)9(6)14/h2-4,18H,5H2,1H3,(H,15,16)(H,19,20). The lowest BCUT2D eigenvalue weighted by Crippen LogP contribution is -2.09. The van der Waals surface area contributed by atoms with Gasteiger partial charge in [-0.15, -0.1) is 0 Å². The monoisotopic (exact) mass is 315 g/mol. The number of aryl methyl sites for hydroxylation is 1. The molecule has 1 heterocycles. The van der Waals surface area contributed by atoms with E-state index in [1.165, 1.54) is 11.7 Å². The lowest BCUT2D eigenvalue weighted by Gasteiger charge is -2.06. The molecule has 2 rings (SSSR count). The third-order valence-electron chi connectivity index (χ3n) is 2.74. The zero-order valence-corrected chi connectivity index (χ0v) is 11.9. The van der Waals surface area contributed by atoms with Gasteiger partial charge in [-0.3, -0.25) is 5.32 Å². The Labute approximate surface area is 124 Å². The molecular weight excluding hydrogens is 305 g/mol. The van der Waals surface area contributed by atoms with Gasteiger partial charge in [-0.25, -0.2) is 9.48 Å². The van der Waals surface area contributed by atoms with Gasteiger partial charge < -0.3 is 10.2 Å². The molecule has 1 aromatic carbocycles. The molecule has 1 amide bonds. The summed E-state index contributed by atoms with van der Waals surface area (Å²) >= 11 is 12.0. The van der Waals surface area contributed by atoms with E-state index in [9.17, 15) is 9.90 Å². The number of carbonyl (C=O) groups is 1. The molecule has 0 aliphatic rings. The smallest absolute Gasteiger partial charge is 0.410 e. The predicted octanol–water partition coefficient (Wildman–Crippen LogP) is 3.11. The molecule has 0 saturated heterocycles. The predicted molar refractivity (Wildman–Crippen MR) is 75.8 cm³/mol. The van der Waals surface area contributed by atoms with Crippen molar-refractivity contribution < 1.29 is 15.0 Å². The number of rotatable bonds is 3. The van der Waals surface area contributed by atoms with Gasteiger partial charge in [-0.1, -0.05) is 35.3 Å². The van der Waals surface area contributed by atoms with Gasteiger partial charge >= 0.3 is 6.09 Å². The SMILES string of the molecule is Cn1nc(NC(=O)O)c(Cc2cccc(Cl)c2Cl)c1O. The van der Waals surface area contributed by atoms with Gasteiger partial charge in [0.25, 0.3) is 0 Å². The molecule has 0 aliphatic carbocycles. The van der Waals surface area contributed by atoms with Crippen LogP contribution >= 0.6 is 23.2 Å². The van der Waals surface area contributed by atoms with E-state index in [0.717, 1.165) is 0 Å². The minimum absolute atomic E-state index is 0.0635. The minimum atomic E-state index is -1.26. The van der Waals surface area contributed by atoms with Gasteiger partial charge in [0.05, 0.1) is 15.6 Å². The van der Waals surface area contributed by atoms with Gasteiger partial charge in [0.1, 0.15) is 0 Å². The lowest BCUT2D eigenvalue weighted by molar-refractivity contribution is 0.209. The molecule has 1 aromatic heterocycles. The molecular formula is C12H11Cl2N3O3. The number of hydrogen-bond acceptors (Lipinski definition) is 3. The minimum Gasteiger partial charge on any atom is -0.493 e. The summed E-state index contributed by atoms with van der Waals surface area (Å²) in [5, 5.41) is 25.5. The summed E-state index contributed by atoms with van der Waals surface area (Å²) in [4.78, 5) is 10.7. The van der Waals surface area contributed by atoms with Crippen molar-refractivity contribution in [2.75, 3.05) is 5.32 Å². The molecule has 2 aromatic rings. The fourth-order valence-corrected chi connectivity index (χ4v) is 2.19. The van der Waals surface area contributed by atoms with Crippen molar-refractivity contribution in [2.24, 2.45) is 7.05 Å². The van der Waals surface area contributed by atoms with Crippen molar-refractivity contribution in [3.8, 4) is 5.88 Å². The highest BCUT2D eigenvalue weighted by Gasteiger charge is 2.19. The van der Waals surface area contributed by atoms with Crippen LogP contribution in [-0.2, 0) is 13.5 Å². The Hall–Kier alpha value is -1.92. The van der Waals surface area contributed by atoms with Crippen LogP contribution < -0.4 is 5.32 Å². The van der Waals surface area contributed by atoms with Gasteiger partial charge in [0.15, 0.2) is 5.82 Å². The fraction of sp³-hybridized carbons (Fsp3) is 0.167. The van der Waals surface area contributed by atoms with Gasteiger partial charge in [-0.2, -0.15) is 5.10 Å². The lowest BCUT2D eigenvalue weighted by atomic mass is 10.1. The summed E-state index contributed by atoms with van der Waals surface area (Å²) in [5.41, 5.74) is 0.995. The first-order valence-electron chi connectivity index (χ1n) is 5.57. The number of benzene rings is 1. The number of amides is 1. The van der Waals surface area contributed by atoms with Crippen molar-refractivity contribution in [3.05, 3.63) is 39.4 Å². The molecule has 0 atom stereocenters. The number of halogens is 2. The maximum atomic E-state index is 10.7. The Bertz CT molecular complexity index is 670. The number of carboxylic acid groups (broad SMARTS) is 1. The van der Waals surface area contributed by atoms with E-state index in [1.54, 1.807) is 18.2 Å². The molecule has 0 fully saturated rings. The molecule has 0 aliphatic heterocycles. The summed E-state index contributed by atoms with van der Waals surface area (Å²) in [6, 6.07) is 5.11. The van der Waals surface area contributed by atoms with E-state index in [2.05, 4.69) is 10.4 Å². The van der Waals surface area contributed by atoms with Crippen LogP contribution in [0.15, 0.2) is 18.2 Å². The van der Waals surface area contributed by atoms with Crippen LogP contribution in [0.2, 0.25) is 10.0 Å². The van der Waals surface area contributed by atoms with Gasteiger partial charge in [0.2, 0.25) is 5.88 Å². The third-order valence-corrected chi connectivity index (χ3v) is 3.59. The molecule has 20 heavy (non-hydrogen) atoms. The van der Waals surface area contributed by atoms with E-state index in [0.29, 0.717) is 21.2 Å². The van der Waals surface area contributed by atoms with Crippen LogP contribution in [0.25, 0.3) is 0 Å². The highest BCUT2D eigenvalue weighted by Crippen LogP contribution is 2.32. The highest BCUT2D eigenvalue weighted by atomic mass is 35.5. The Morgan fingerprint density at radius 2 is 2.15 bits per heavy atom. The van der Waals surface area contributed by atoms with Crippen LogP contribution in [0.1, 0.15) is 11.1 Å². The number of aromatic nitrogens is 2. The average molecular weight is 316 g/mol. The fourth-order valence-electron chi connectivity index (χ4n) is 1.80. The van der Waals surface area contributed by atoms with Crippen molar-refractivity contribution in [1.29, 1.82) is 0 Å². The third kappa shape index (κ3) is 2.81. The first-order chi connectivity index (χ1) is 9.40. The van der Waals surface area contributed by atoms with E-state index >= 15 is 0 Å². The van der Waals surface area contributed by atoms with Crippen molar-refractivity contribution >= 4 is 35.1 Å². The molecule has 0 spiro atoms. The summed E-state index contributed by atoms with van der Waals surface area (Å²) in [6.07, 6.45) is -1.06. The maximum absolute atomic E-state index is 10.7. The second kappa shape index (κ2) is 5.60. The number of nitrogens with zero attached hydrogens (tertiary/aromatic N) is 2. The van der Waals surface area contributed by atoms with Gasteiger partial charge in [0, 0.05) is 13.5 Å². The second-order valence-electron chi connectivity index (χ2n) is 4.09. The summed E-state index contributed by atoms with van der Waals surface area (Å²) in [6.45, 7) is 0. The maximum Gasteiger partial charge on any atom is 0.410 e. The summed E-state index contributed by atoms with van der Waals surface area (Å²) in [7, 11) is 1.51. The van der Waals surface area contributed by atoms with E-state index in [4.69, 9.17) is 28.3 Å². The van der Waals surface area contributed by atoms with Crippen LogP contribution in [0.5, 0.6) is 5.88 Å². The highest BCUT2D eigenvalue weighted by molar-refractivity contribution is 6.42. The number of aromatic hydroxyl groups is 1. The number of nitrogens with one attached hydrogen (secondary N) is 1. The second-order valence-corrected chi connectivity index (χ2v) is 4.88. The molecule has 8 heteroatoms. The van der Waals surface area contributed by atoms with Crippen LogP contribution in [0.4, 0.5) is 10.6 Å². The molecule has 0 radical (unpaired) electrons. The first kappa shape index (κ1) is 14.5. The van der Waals surface area contributed by atoms with Crippen molar-refractivity contribution in [3.63, 3.8) is 0 Å². The zero-order chi connectivity index (χ0) is 14.9. The topological polar surface area (TPSA) is 87.4 Å². The van der Waals surface area contributed by atoms with E-state index < -0.39 is 6.09 Å². The zero-order valence-electron chi connectivity index (χ0n) is 10.4. The van der Waals surface area contributed by atoms with Crippen LogP contribution in [0.3, 0.4) is 0 Å². The Morgan fingerprint density at radius 3 is 2.80 bits per heavy atom. The molecule has 0 bridgehead atoms. The van der Waals surface area contributed by atoms with E-state index in [-0.39, 0.29) is 18.1 Å². The van der Waals surface area contributed by atoms with Crippen molar-refractivity contribution in [2.45, 2.75) is 6.42 Å². The van der Waals surface area contributed by atoms with Gasteiger partial charge in [-0.05, 0) is 11.6 Å². The van der Waals surface area contributed by atoms with Crippen LogP contribution in [0, 0.1) is 0 Å². The molecule has 0 saturated carbocycles. The number of anilines is 1. The van der Waals surface area contributed by atoms with Crippen molar-refractivity contribution in [1.82, 2.24) is 9.78 Å². The summed E-state index contributed by atoms with van der Waals surface area (Å²) in [5.74, 6) is -0.0710. The molecule has 0 unspecified atom stereocenters.